The fourth-order valence-electron chi connectivity index (χ4n) is 2.06. The lowest BCUT2D eigenvalue weighted by Gasteiger charge is -2.25. The number of rotatable bonds is 5. The van der Waals surface area contributed by atoms with Crippen LogP contribution in [0.25, 0.3) is 0 Å². The van der Waals surface area contributed by atoms with Gasteiger partial charge in [-0.05, 0) is 42.9 Å². The van der Waals surface area contributed by atoms with Crippen molar-refractivity contribution in [2.45, 2.75) is 45.1 Å². The number of hydrogen-bond donors (Lipinski definition) is 1. The summed E-state index contributed by atoms with van der Waals surface area (Å²) in [5, 5.41) is 3.43. The van der Waals surface area contributed by atoms with Crippen LogP contribution in [-0.2, 0) is 6.54 Å². The first-order valence-electron chi connectivity index (χ1n) is 6.19. The molecule has 0 saturated heterocycles. The van der Waals surface area contributed by atoms with Crippen LogP contribution in [-0.4, -0.2) is 6.54 Å². The van der Waals surface area contributed by atoms with Crippen molar-refractivity contribution in [3.63, 3.8) is 0 Å². The molecule has 0 aliphatic heterocycles. The zero-order valence-corrected chi connectivity index (χ0v) is 9.63. The van der Waals surface area contributed by atoms with E-state index >= 15 is 0 Å². The van der Waals surface area contributed by atoms with Crippen LogP contribution in [0, 0.1) is 0 Å². The molecule has 1 aromatic carbocycles. The standard InChI is InChI=1S/C14H21N/c1-2-10-15-11-12-6-8-14(9-7-12)13-4-3-5-13/h6-9,13,15H,2-5,10-11H2,1H3. The fraction of sp³-hybridized carbons (Fsp3) is 0.571. The molecule has 0 heterocycles. The summed E-state index contributed by atoms with van der Waals surface area (Å²) in [7, 11) is 0. The van der Waals surface area contributed by atoms with Crippen LogP contribution in [0.1, 0.15) is 49.7 Å². The average Bonchev–Trinajstić information content (AvgIpc) is 2.18. The smallest absolute Gasteiger partial charge is 0.0205 e. The Morgan fingerprint density at radius 3 is 2.47 bits per heavy atom. The molecule has 0 bridgehead atoms. The van der Waals surface area contributed by atoms with Gasteiger partial charge in [0.2, 0.25) is 0 Å². The van der Waals surface area contributed by atoms with Crippen molar-refractivity contribution < 1.29 is 0 Å². The minimum atomic E-state index is 0.864. The second-order valence-electron chi connectivity index (χ2n) is 4.55. The molecule has 15 heavy (non-hydrogen) atoms. The van der Waals surface area contributed by atoms with Crippen molar-refractivity contribution in [1.29, 1.82) is 0 Å². The van der Waals surface area contributed by atoms with E-state index < -0.39 is 0 Å². The molecule has 0 unspecified atom stereocenters. The van der Waals surface area contributed by atoms with Crippen LogP contribution >= 0.6 is 0 Å². The van der Waals surface area contributed by atoms with Crippen LogP contribution in [0.5, 0.6) is 0 Å². The molecule has 1 saturated carbocycles. The molecule has 0 radical (unpaired) electrons. The summed E-state index contributed by atoms with van der Waals surface area (Å²) in [6.45, 7) is 4.33. The molecule has 0 atom stereocenters. The van der Waals surface area contributed by atoms with E-state index in [1.807, 2.05) is 0 Å². The van der Waals surface area contributed by atoms with Gasteiger partial charge in [0.25, 0.3) is 0 Å². The summed E-state index contributed by atoms with van der Waals surface area (Å²) in [5.41, 5.74) is 2.95. The molecular formula is C14H21N. The van der Waals surface area contributed by atoms with Crippen LogP contribution in [0.2, 0.25) is 0 Å². The lowest BCUT2D eigenvalue weighted by atomic mass is 9.80. The first kappa shape index (κ1) is 10.7. The maximum atomic E-state index is 3.43. The Morgan fingerprint density at radius 1 is 1.20 bits per heavy atom. The van der Waals surface area contributed by atoms with Crippen molar-refractivity contribution in [2.75, 3.05) is 6.54 Å². The molecule has 82 valence electrons. The molecule has 0 aromatic heterocycles. The Balaban J connectivity index is 1.86. The predicted octanol–water partition coefficient (Wildman–Crippen LogP) is 3.45. The van der Waals surface area contributed by atoms with E-state index in [0.29, 0.717) is 0 Å². The Bertz CT molecular complexity index is 285. The van der Waals surface area contributed by atoms with E-state index in [4.69, 9.17) is 0 Å². The summed E-state index contributed by atoms with van der Waals surface area (Å²) >= 11 is 0. The molecule has 1 fully saturated rings. The second-order valence-corrected chi connectivity index (χ2v) is 4.55. The minimum Gasteiger partial charge on any atom is -0.313 e. The van der Waals surface area contributed by atoms with Gasteiger partial charge in [-0.15, -0.1) is 0 Å². The Kier molecular flexibility index (Phi) is 3.79. The van der Waals surface area contributed by atoms with Crippen molar-refractivity contribution in [1.82, 2.24) is 5.32 Å². The zero-order chi connectivity index (χ0) is 10.5. The topological polar surface area (TPSA) is 12.0 Å². The average molecular weight is 203 g/mol. The van der Waals surface area contributed by atoms with Crippen molar-refractivity contribution in [3.8, 4) is 0 Å². The van der Waals surface area contributed by atoms with Gasteiger partial charge in [0, 0.05) is 6.54 Å². The van der Waals surface area contributed by atoms with Crippen molar-refractivity contribution in [3.05, 3.63) is 35.4 Å². The van der Waals surface area contributed by atoms with Gasteiger partial charge in [-0.3, -0.25) is 0 Å². The Morgan fingerprint density at radius 2 is 1.93 bits per heavy atom. The van der Waals surface area contributed by atoms with Gasteiger partial charge in [-0.1, -0.05) is 37.6 Å². The summed E-state index contributed by atoms with van der Waals surface area (Å²) in [6, 6.07) is 9.17. The van der Waals surface area contributed by atoms with Gasteiger partial charge in [0.15, 0.2) is 0 Å². The molecule has 1 aliphatic carbocycles. The molecule has 1 heteroatoms. The third-order valence-electron chi connectivity index (χ3n) is 3.31. The minimum absolute atomic E-state index is 0.864. The second kappa shape index (κ2) is 5.32. The summed E-state index contributed by atoms with van der Waals surface area (Å²) < 4.78 is 0. The van der Waals surface area contributed by atoms with Gasteiger partial charge < -0.3 is 5.32 Å². The van der Waals surface area contributed by atoms with Gasteiger partial charge in [-0.25, -0.2) is 0 Å². The molecule has 1 nitrogen and oxygen atoms in total. The molecule has 1 aromatic rings. The summed E-state index contributed by atoms with van der Waals surface area (Å²) in [6.07, 6.45) is 5.42. The van der Waals surface area contributed by atoms with E-state index in [1.54, 1.807) is 5.56 Å². The van der Waals surface area contributed by atoms with Crippen LogP contribution in [0.4, 0.5) is 0 Å². The molecule has 1 aliphatic rings. The van der Waals surface area contributed by atoms with E-state index in [-0.39, 0.29) is 0 Å². The van der Waals surface area contributed by atoms with Crippen LogP contribution in [0.15, 0.2) is 24.3 Å². The monoisotopic (exact) mass is 203 g/mol. The Labute approximate surface area is 92.9 Å². The fourth-order valence-corrected chi connectivity index (χ4v) is 2.06. The first-order chi connectivity index (χ1) is 7.40. The van der Waals surface area contributed by atoms with E-state index in [0.717, 1.165) is 19.0 Å². The quantitative estimate of drug-likeness (QED) is 0.723. The molecule has 0 amide bonds. The zero-order valence-electron chi connectivity index (χ0n) is 9.63. The predicted molar refractivity (Wildman–Crippen MR) is 65.0 cm³/mol. The lowest BCUT2D eigenvalue weighted by Crippen LogP contribution is -2.14. The largest absolute Gasteiger partial charge is 0.313 e. The van der Waals surface area contributed by atoms with Gasteiger partial charge in [0.1, 0.15) is 0 Å². The normalized spacial score (nSPS) is 16.3. The number of benzene rings is 1. The van der Waals surface area contributed by atoms with E-state index in [2.05, 4.69) is 36.5 Å². The number of nitrogens with one attached hydrogen (secondary N) is 1. The molecule has 2 rings (SSSR count). The van der Waals surface area contributed by atoms with Crippen LogP contribution < -0.4 is 5.32 Å². The highest BCUT2D eigenvalue weighted by molar-refractivity contribution is 5.26. The lowest BCUT2D eigenvalue weighted by molar-refractivity contribution is 0.419. The molecule has 0 spiro atoms. The van der Waals surface area contributed by atoms with Gasteiger partial charge >= 0.3 is 0 Å². The molecule has 1 N–H and O–H groups in total. The third-order valence-corrected chi connectivity index (χ3v) is 3.31. The van der Waals surface area contributed by atoms with Gasteiger partial charge in [-0.2, -0.15) is 0 Å². The SMILES string of the molecule is CCCNCc1ccc(C2CCC2)cc1. The Hall–Kier alpha value is -0.820. The maximum Gasteiger partial charge on any atom is 0.0205 e. The summed E-state index contributed by atoms with van der Waals surface area (Å²) in [4.78, 5) is 0. The van der Waals surface area contributed by atoms with Crippen LogP contribution in [0.3, 0.4) is 0 Å². The van der Waals surface area contributed by atoms with E-state index in [9.17, 15) is 0 Å². The number of hydrogen-bond acceptors (Lipinski definition) is 1. The van der Waals surface area contributed by atoms with Crippen molar-refractivity contribution >= 4 is 0 Å². The highest BCUT2D eigenvalue weighted by Gasteiger charge is 2.18. The van der Waals surface area contributed by atoms with E-state index in [1.165, 1.54) is 31.2 Å². The summed E-state index contributed by atoms with van der Waals surface area (Å²) in [5.74, 6) is 0.864. The maximum absolute atomic E-state index is 3.43. The highest BCUT2D eigenvalue weighted by Crippen LogP contribution is 2.36. The molecular weight excluding hydrogens is 182 g/mol. The first-order valence-corrected chi connectivity index (χ1v) is 6.19. The third kappa shape index (κ3) is 2.82. The highest BCUT2D eigenvalue weighted by atomic mass is 14.8. The van der Waals surface area contributed by atoms with Gasteiger partial charge in [0.05, 0.1) is 0 Å². The van der Waals surface area contributed by atoms with Crippen molar-refractivity contribution in [2.24, 2.45) is 0 Å².